The minimum atomic E-state index is 1.15. The second-order valence-corrected chi connectivity index (χ2v) is 4.46. The van der Waals surface area contributed by atoms with E-state index < -0.39 is 0 Å². The topological polar surface area (TPSA) is 3.24 Å². The molecule has 1 heteroatoms. The van der Waals surface area contributed by atoms with Crippen molar-refractivity contribution in [2.75, 3.05) is 18.0 Å². The number of benzene rings is 1. The molecule has 0 bridgehead atoms. The summed E-state index contributed by atoms with van der Waals surface area (Å²) >= 11 is 0. The maximum Gasteiger partial charge on any atom is 0.0439 e. The molecule has 0 aliphatic heterocycles. The third-order valence-corrected chi connectivity index (χ3v) is 3.06. The smallest absolute Gasteiger partial charge is 0.0439 e. The van der Waals surface area contributed by atoms with Crippen LogP contribution in [0.5, 0.6) is 0 Å². The molecule has 0 spiro atoms. The molecule has 0 amide bonds. The van der Waals surface area contributed by atoms with Gasteiger partial charge in [0.05, 0.1) is 0 Å². The number of hydrogen-bond donors (Lipinski definition) is 0. The van der Waals surface area contributed by atoms with Crippen molar-refractivity contribution in [3.05, 3.63) is 36.4 Å². The van der Waals surface area contributed by atoms with Gasteiger partial charge in [-0.25, -0.2) is 0 Å². The number of anilines is 1. The van der Waals surface area contributed by atoms with E-state index in [1.54, 1.807) is 0 Å². The highest BCUT2D eigenvalue weighted by Gasteiger charge is 2.07. The van der Waals surface area contributed by atoms with E-state index in [0.29, 0.717) is 0 Å². The number of para-hydroxylation sites is 1. The molecule has 1 aromatic rings. The van der Waals surface area contributed by atoms with Gasteiger partial charge in [-0.2, -0.15) is 0 Å². The Morgan fingerprint density at radius 2 is 1.65 bits per heavy atom. The zero-order valence-electron chi connectivity index (χ0n) is 11.3. The van der Waals surface area contributed by atoms with Gasteiger partial charge < -0.3 is 4.90 Å². The number of nitrogens with zero attached hydrogens (tertiary/aromatic N) is 1. The van der Waals surface area contributed by atoms with Crippen LogP contribution in [0.4, 0.5) is 5.69 Å². The van der Waals surface area contributed by atoms with Crippen LogP contribution >= 0.6 is 0 Å². The summed E-state index contributed by atoms with van der Waals surface area (Å²) in [5.41, 5.74) is 2.59. The van der Waals surface area contributed by atoms with Crippen molar-refractivity contribution in [2.24, 2.45) is 0 Å². The van der Waals surface area contributed by atoms with Crippen LogP contribution in [0.3, 0.4) is 0 Å². The summed E-state index contributed by atoms with van der Waals surface area (Å²) in [4.78, 5) is 2.50. The van der Waals surface area contributed by atoms with E-state index in [1.807, 2.05) is 6.08 Å². The molecule has 1 nitrogen and oxygen atoms in total. The molecular weight excluding hydrogens is 206 g/mol. The van der Waals surface area contributed by atoms with Gasteiger partial charge in [-0.05, 0) is 24.5 Å². The molecule has 0 aromatic heterocycles. The molecule has 0 aliphatic carbocycles. The third kappa shape index (κ3) is 4.26. The number of unbranched alkanes of at least 4 members (excludes halogenated alkanes) is 2. The fraction of sp³-hybridized carbons (Fsp3) is 0.500. The molecule has 94 valence electrons. The monoisotopic (exact) mass is 231 g/mol. The van der Waals surface area contributed by atoms with E-state index in [-0.39, 0.29) is 0 Å². The average molecular weight is 231 g/mol. The quantitative estimate of drug-likeness (QED) is 0.625. The summed E-state index contributed by atoms with van der Waals surface area (Å²) in [5.74, 6) is 0. The maximum atomic E-state index is 3.91. The summed E-state index contributed by atoms with van der Waals surface area (Å²) in [6.45, 7) is 10.7. The predicted octanol–water partition coefficient (Wildman–Crippen LogP) is 4.74. The van der Waals surface area contributed by atoms with Gasteiger partial charge in [0.25, 0.3) is 0 Å². The lowest BCUT2D eigenvalue weighted by molar-refractivity contribution is 0.677. The van der Waals surface area contributed by atoms with Crippen LogP contribution in [0.2, 0.25) is 0 Å². The normalized spacial score (nSPS) is 10.2. The van der Waals surface area contributed by atoms with E-state index >= 15 is 0 Å². The molecule has 0 atom stereocenters. The Bertz CT molecular complexity index is 322. The van der Waals surface area contributed by atoms with Gasteiger partial charge in [-0.3, -0.25) is 0 Å². The molecule has 0 fully saturated rings. The first-order valence-corrected chi connectivity index (χ1v) is 6.79. The molecule has 1 aromatic carbocycles. The summed E-state index contributed by atoms with van der Waals surface area (Å²) in [7, 11) is 0. The van der Waals surface area contributed by atoms with Crippen molar-refractivity contribution >= 4 is 11.8 Å². The average Bonchev–Trinajstić information content (AvgIpc) is 2.39. The Morgan fingerprint density at radius 1 is 1.06 bits per heavy atom. The van der Waals surface area contributed by atoms with Crippen LogP contribution in [-0.4, -0.2) is 13.1 Å². The van der Waals surface area contributed by atoms with E-state index in [1.165, 1.54) is 36.9 Å². The van der Waals surface area contributed by atoms with Crippen LogP contribution in [0.25, 0.3) is 6.08 Å². The molecule has 0 saturated heterocycles. The van der Waals surface area contributed by atoms with Crippen molar-refractivity contribution in [1.82, 2.24) is 0 Å². The molecule has 0 unspecified atom stereocenters. The van der Waals surface area contributed by atoms with Crippen LogP contribution in [-0.2, 0) is 0 Å². The number of rotatable bonds is 8. The molecule has 17 heavy (non-hydrogen) atoms. The molecule has 0 radical (unpaired) electrons. The first kappa shape index (κ1) is 13.8. The molecule has 0 saturated carbocycles. The Balaban J connectivity index is 2.82. The fourth-order valence-electron chi connectivity index (χ4n) is 2.00. The third-order valence-electron chi connectivity index (χ3n) is 3.06. The molecular formula is C16H25N. The van der Waals surface area contributed by atoms with Gasteiger partial charge >= 0.3 is 0 Å². The van der Waals surface area contributed by atoms with Gasteiger partial charge in [0.1, 0.15) is 0 Å². The van der Waals surface area contributed by atoms with Crippen molar-refractivity contribution in [1.29, 1.82) is 0 Å². The van der Waals surface area contributed by atoms with E-state index in [9.17, 15) is 0 Å². The van der Waals surface area contributed by atoms with E-state index in [4.69, 9.17) is 0 Å². The lowest BCUT2D eigenvalue weighted by Crippen LogP contribution is -2.26. The second kappa shape index (κ2) is 7.94. The van der Waals surface area contributed by atoms with Gasteiger partial charge in [0.15, 0.2) is 0 Å². The highest BCUT2D eigenvalue weighted by atomic mass is 15.1. The summed E-state index contributed by atoms with van der Waals surface area (Å²) in [6, 6.07) is 8.56. The lowest BCUT2D eigenvalue weighted by atomic mass is 10.1. The second-order valence-electron chi connectivity index (χ2n) is 4.46. The molecule has 1 rings (SSSR count). The first-order chi connectivity index (χ1) is 8.33. The zero-order valence-corrected chi connectivity index (χ0v) is 11.3. The van der Waals surface area contributed by atoms with Crippen molar-refractivity contribution in [2.45, 2.75) is 39.5 Å². The molecule has 0 N–H and O–H groups in total. The summed E-state index contributed by atoms with van der Waals surface area (Å²) in [6.07, 6.45) is 6.97. The van der Waals surface area contributed by atoms with Crippen molar-refractivity contribution < 1.29 is 0 Å². The van der Waals surface area contributed by atoms with Crippen molar-refractivity contribution in [3.8, 4) is 0 Å². The van der Waals surface area contributed by atoms with Gasteiger partial charge in [-0.15, -0.1) is 0 Å². The Labute approximate surface area is 106 Å². The highest BCUT2D eigenvalue weighted by Crippen LogP contribution is 2.22. The molecule has 0 heterocycles. The van der Waals surface area contributed by atoms with Gasteiger partial charge in [-0.1, -0.05) is 57.5 Å². The van der Waals surface area contributed by atoms with Crippen LogP contribution in [0.1, 0.15) is 45.1 Å². The van der Waals surface area contributed by atoms with Crippen LogP contribution < -0.4 is 4.90 Å². The largest absolute Gasteiger partial charge is 0.371 e. The Morgan fingerprint density at radius 3 is 2.18 bits per heavy atom. The first-order valence-electron chi connectivity index (χ1n) is 6.79. The lowest BCUT2D eigenvalue weighted by Gasteiger charge is -2.26. The molecule has 0 aliphatic rings. The Hall–Kier alpha value is -1.24. The van der Waals surface area contributed by atoms with Gasteiger partial charge in [0.2, 0.25) is 0 Å². The highest BCUT2D eigenvalue weighted by molar-refractivity contribution is 5.66. The zero-order chi connectivity index (χ0) is 12.5. The minimum Gasteiger partial charge on any atom is -0.371 e. The Kier molecular flexibility index (Phi) is 6.46. The predicted molar refractivity (Wildman–Crippen MR) is 78.6 cm³/mol. The number of hydrogen-bond acceptors (Lipinski definition) is 1. The van der Waals surface area contributed by atoms with E-state index in [0.717, 1.165) is 13.1 Å². The van der Waals surface area contributed by atoms with Crippen molar-refractivity contribution in [3.63, 3.8) is 0 Å². The summed E-state index contributed by atoms with van der Waals surface area (Å²) < 4.78 is 0. The fourth-order valence-corrected chi connectivity index (χ4v) is 2.00. The van der Waals surface area contributed by atoms with Crippen LogP contribution in [0.15, 0.2) is 30.8 Å². The van der Waals surface area contributed by atoms with Gasteiger partial charge in [0, 0.05) is 18.8 Å². The standard InChI is InChI=1S/C16H25N/c1-4-7-13-17(14-8-5-2)16-12-10-9-11-15(16)6-3/h6,9-12H,3-5,7-8,13-14H2,1-2H3. The SMILES string of the molecule is C=Cc1ccccc1N(CCCC)CCCC. The minimum absolute atomic E-state index is 1.15. The maximum absolute atomic E-state index is 3.91. The summed E-state index contributed by atoms with van der Waals surface area (Å²) in [5, 5.41) is 0. The van der Waals surface area contributed by atoms with Crippen LogP contribution in [0, 0.1) is 0 Å². The van der Waals surface area contributed by atoms with E-state index in [2.05, 4.69) is 49.6 Å².